The summed E-state index contributed by atoms with van der Waals surface area (Å²) in [4.78, 5) is 14.9. The zero-order chi connectivity index (χ0) is 14.7. The van der Waals surface area contributed by atoms with E-state index in [2.05, 4.69) is 20.1 Å². The van der Waals surface area contributed by atoms with Crippen LogP contribution in [-0.4, -0.2) is 20.7 Å². The highest BCUT2D eigenvalue weighted by molar-refractivity contribution is 6.30. The Bertz CT molecular complexity index is 613. The Hall–Kier alpha value is -1.75. The van der Waals surface area contributed by atoms with Crippen molar-refractivity contribution < 1.29 is 4.79 Å². The zero-order valence-corrected chi connectivity index (χ0v) is 12.6. The molecule has 1 saturated carbocycles. The Morgan fingerprint density at radius 3 is 2.95 bits per heavy atom. The molecule has 0 aliphatic heterocycles. The smallest absolute Gasteiger partial charge is 0.268 e. The van der Waals surface area contributed by atoms with Gasteiger partial charge >= 0.3 is 0 Å². The third-order valence-electron chi connectivity index (χ3n) is 4.00. The highest BCUT2D eigenvalue weighted by atomic mass is 35.5. The number of halogens is 1. The molecule has 0 aromatic carbocycles. The fourth-order valence-corrected chi connectivity index (χ4v) is 3.06. The van der Waals surface area contributed by atoms with Gasteiger partial charge in [0, 0.05) is 12.4 Å². The summed E-state index contributed by atoms with van der Waals surface area (Å²) in [5, 5.41) is 7.87. The molecule has 0 radical (unpaired) electrons. The van der Waals surface area contributed by atoms with Gasteiger partial charge in [-0.2, -0.15) is 5.10 Å². The Morgan fingerprint density at radius 2 is 2.24 bits per heavy atom. The average Bonchev–Trinajstić information content (AvgIpc) is 3.14. The second-order valence-electron chi connectivity index (χ2n) is 5.47. The zero-order valence-electron chi connectivity index (χ0n) is 11.8. The third kappa shape index (κ3) is 3.29. The maximum atomic E-state index is 12.0. The van der Waals surface area contributed by atoms with Gasteiger partial charge in [0.25, 0.3) is 5.91 Å². The molecule has 0 saturated heterocycles. The Labute approximate surface area is 128 Å². The van der Waals surface area contributed by atoms with Crippen molar-refractivity contribution in [2.45, 2.75) is 44.7 Å². The monoisotopic (exact) mass is 306 g/mol. The summed E-state index contributed by atoms with van der Waals surface area (Å²) in [6.45, 7) is 0.478. The van der Waals surface area contributed by atoms with Crippen LogP contribution in [-0.2, 0) is 6.54 Å². The Balaban J connectivity index is 1.63. The van der Waals surface area contributed by atoms with Crippen LogP contribution in [0.15, 0.2) is 24.5 Å². The molecule has 1 amide bonds. The summed E-state index contributed by atoms with van der Waals surface area (Å²) in [7, 11) is 0. The van der Waals surface area contributed by atoms with Gasteiger partial charge in [0.15, 0.2) is 0 Å². The van der Waals surface area contributed by atoms with Gasteiger partial charge in [-0.15, -0.1) is 0 Å². The van der Waals surface area contributed by atoms with Crippen molar-refractivity contribution in [1.82, 2.24) is 20.1 Å². The van der Waals surface area contributed by atoms with E-state index in [0.29, 0.717) is 23.3 Å². The first kappa shape index (κ1) is 14.2. The van der Waals surface area contributed by atoms with Crippen LogP contribution in [0.4, 0.5) is 0 Å². The van der Waals surface area contributed by atoms with E-state index in [1.165, 1.54) is 32.1 Å². The molecule has 112 valence electrons. The number of H-pyrrole nitrogens is 1. The fourth-order valence-electron chi connectivity index (χ4n) is 2.90. The summed E-state index contributed by atoms with van der Waals surface area (Å²) in [6, 6.07) is 4.06. The number of hydrogen-bond acceptors (Lipinski definition) is 2. The van der Waals surface area contributed by atoms with Gasteiger partial charge in [-0.3, -0.25) is 9.48 Å². The Kier molecular flexibility index (Phi) is 4.29. The van der Waals surface area contributed by atoms with E-state index < -0.39 is 0 Å². The molecular formula is C15H19ClN4O. The van der Waals surface area contributed by atoms with E-state index in [1.54, 1.807) is 12.3 Å². The summed E-state index contributed by atoms with van der Waals surface area (Å²) in [6.07, 6.45) is 9.60. The van der Waals surface area contributed by atoms with Crippen LogP contribution >= 0.6 is 11.6 Å². The molecule has 2 aromatic rings. The highest BCUT2D eigenvalue weighted by Crippen LogP contribution is 2.28. The number of nitrogens with zero attached hydrogens (tertiary/aromatic N) is 2. The topological polar surface area (TPSA) is 62.7 Å². The van der Waals surface area contributed by atoms with E-state index in [0.717, 1.165) is 5.69 Å². The van der Waals surface area contributed by atoms with Crippen molar-refractivity contribution >= 4 is 17.5 Å². The maximum absolute atomic E-state index is 12.0. The summed E-state index contributed by atoms with van der Waals surface area (Å²) in [5.41, 5.74) is 1.52. The highest BCUT2D eigenvalue weighted by Gasteiger charge is 2.18. The van der Waals surface area contributed by atoms with E-state index in [-0.39, 0.29) is 5.91 Å². The van der Waals surface area contributed by atoms with Crippen molar-refractivity contribution in [3.05, 3.63) is 40.9 Å². The van der Waals surface area contributed by atoms with Crippen LogP contribution in [0.25, 0.3) is 0 Å². The number of rotatable bonds is 4. The Morgan fingerprint density at radius 1 is 1.43 bits per heavy atom. The van der Waals surface area contributed by atoms with Gasteiger partial charge in [-0.25, -0.2) is 0 Å². The molecule has 2 N–H and O–H groups in total. The van der Waals surface area contributed by atoms with Crippen LogP contribution in [0.2, 0.25) is 5.02 Å². The second kappa shape index (κ2) is 6.35. The lowest BCUT2D eigenvalue weighted by Gasteiger charge is -2.24. The molecule has 21 heavy (non-hydrogen) atoms. The number of hydrogen-bond donors (Lipinski definition) is 2. The van der Waals surface area contributed by atoms with Gasteiger partial charge in [0.1, 0.15) is 5.69 Å². The van der Waals surface area contributed by atoms with Crippen LogP contribution in [0.5, 0.6) is 0 Å². The third-order valence-corrected chi connectivity index (χ3v) is 4.21. The van der Waals surface area contributed by atoms with Crippen LogP contribution in [0.3, 0.4) is 0 Å². The van der Waals surface area contributed by atoms with Crippen molar-refractivity contribution in [2.24, 2.45) is 0 Å². The lowest BCUT2D eigenvalue weighted by molar-refractivity contribution is 0.0945. The standard InChI is InChI=1S/C15H19ClN4O/c16-11-8-14(17-9-11)15(21)18-10-13-6-7-19-20(13)12-4-2-1-3-5-12/h6-9,12,17H,1-5,10H2,(H,18,21). The van der Waals surface area contributed by atoms with Crippen LogP contribution in [0.1, 0.15) is 54.3 Å². The predicted molar refractivity (Wildman–Crippen MR) is 81.3 cm³/mol. The van der Waals surface area contributed by atoms with Gasteiger partial charge in [-0.1, -0.05) is 30.9 Å². The largest absolute Gasteiger partial charge is 0.356 e. The molecule has 6 heteroatoms. The minimum atomic E-state index is -0.154. The second-order valence-corrected chi connectivity index (χ2v) is 5.91. The lowest BCUT2D eigenvalue weighted by Crippen LogP contribution is -2.26. The lowest BCUT2D eigenvalue weighted by atomic mass is 9.95. The van der Waals surface area contributed by atoms with E-state index in [4.69, 9.17) is 11.6 Å². The molecule has 2 heterocycles. The normalized spacial score (nSPS) is 16.0. The molecule has 0 atom stereocenters. The van der Waals surface area contributed by atoms with Crippen molar-refractivity contribution in [3.8, 4) is 0 Å². The molecule has 1 fully saturated rings. The number of nitrogens with one attached hydrogen (secondary N) is 2. The molecule has 1 aliphatic rings. The number of carbonyl (C=O) groups is 1. The first-order valence-electron chi connectivity index (χ1n) is 7.38. The van der Waals surface area contributed by atoms with Gasteiger partial charge < -0.3 is 10.3 Å². The number of amides is 1. The molecule has 5 nitrogen and oxygen atoms in total. The minimum absolute atomic E-state index is 0.154. The summed E-state index contributed by atoms with van der Waals surface area (Å²) < 4.78 is 2.07. The van der Waals surface area contributed by atoms with Gasteiger partial charge in [0.05, 0.1) is 23.3 Å². The first-order valence-corrected chi connectivity index (χ1v) is 7.76. The summed E-state index contributed by atoms with van der Waals surface area (Å²) in [5.74, 6) is -0.154. The summed E-state index contributed by atoms with van der Waals surface area (Å²) >= 11 is 5.81. The van der Waals surface area contributed by atoms with Gasteiger partial charge in [-0.05, 0) is 25.0 Å². The first-order chi connectivity index (χ1) is 10.2. The van der Waals surface area contributed by atoms with E-state index >= 15 is 0 Å². The maximum Gasteiger partial charge on any atom is 0.268 e. The van der Waals surface area contributed by atoms with Crippen LogP contribution < -0.4 is 5.32 Å². The van der Waals surface area contributed by atoms with Crippen molar-refractivity contribution in [2.75, 3.05) is 0 Å². The molecule has 0 bridgehead atoms. The average molecular weight is 307 g/mol. The minimum Gasteiger partial charge on any atom is -0.356 e. The molecule has 0 spiro atoms. The number of aromatic nitrogens is 3. The van der Waals surface area contributed by atoms with Crippen LogP contribution in [0, 0.1) is 0 Å². The van der Waals surface area contributed by atoms with Gasteiger partial charge in [0.2, 0.25) is 0 Å². The quantitative estimate of drug-likeness (QED) is 0.910. The molecule has 0 unspecified atom stereocenters. The van der Waals surface area contributed by atoms with E-state index in [9.17, 15) is 4.79 Å². The van der Waals surface area contributed by atoms with E-state index in [1.807, 2.05) is 12.3 Å². The van der Waals surface area contributed by atoms with Crippen molar-refractivity contribution in [1.29, 1.82) is 0 Å². The molecular weight excluding hydrogens is 288 g/mol. The SMILES string of the molecule is O=C(NCc1ccnn1C1CCCCC1)c1cc(Cl)c[nH]1. The molecule has 1 aliphatic carbocycles. The van der Waals surface area contributed by atoms with Crippen molar-refractivity contribution in [3.63, 3.8) is 0 Å². The molecule has 3 rings (SSSR count). The number of aromatic amines is 1. The predicted octanol–water partition coefficient (Wildman–Crippen LogP) is 3.30. The number of carbonyl (C=O) groups excluding carboxylic acids is 1. The molecule has 2 aromatic heterocycles. The fraction of sp³-hybridized carbons (Fsp3) is 0.467.